The van der Waals surface area contributed by atoms with Gasteiger partial charge in [-0.3, -0.25) is 9.78 Å². The number of anilines is 1. The highest BCUT2D eigenvalue weighted by atomic mass is 79.9. The van der Waals surface area contributed by atoms with Crippen molar-refractivity contribution in [3.8, 4) is 5.69 Å². The number of aromatic nitrogens is 5. The topological polar surface area (TPSA) is 146 Å². The van der Waals surface area contributed by atoms with E-state index in [-0.39, 0.29) is 42.9 Å². The molecule has 3 aromatic heterocycles. The van der Waals surface area contributed by atoms with Crippen LogP contribution in [0.3, 0.4) is 0 Å². The number of aliphatic hydroxyl groups is 1. The molecule has 4 heterocycles. The van der Waals surface area contributed by atoms with Crippen molar-refractivity contribution in [1.29, 1.82) is 0 Å². The average Bonchev–Trinajstić information content (AvgIpc) is 3.62. The molecule has 1 aromatic carbocycles. The SMILES string of the molecule is O=C([C@@H]1CC[C@@H](Nc2ncc3c(Br)nn(-c4cc(F)c5ncccc5c4)c3n2)C1)N1CCC(O)(C(=O)O)C1. The van der Waals surface area contributed by atoms with Gasteiger partial charge in [-0.25, -0.2) is 18.9 Å². The highest BCUT2D eigenvalue weighted by Gasteiger charge is 2.46. The molecule has 13 heteroatoms. The van der Waals surface area contributed by atoms with Crippen molar-refractivity contribution in [2.45, 2.75) is 37.3 Å². The molecule has 1 aliphatic carbocycles. The lowest BCUT2D eigenvalue weighted by atomic mass is 10.0. The first-order valence-electron chi connectivity index (χ1n) is 12.2. The first-order valence-corrected chi connectivity index (χ1v) is 13.0. The molecule has 11 nitrogen and oxygen atoms in total. The number of nitrogens with one attached hydrogen (secondary N) is 1. The molecule has 1 amide bonds. The predicted octanol–water partition coefficient (Wildman–Crippen LogP) is 2.89. The Labute approximate surface area is 223 Å². The highest BCUT2D eigenvalue weighted by Crippen LogP contribution is 2.33. The molecule has 2 fully saturated rings. The number of hydrogen-bond donors (Lipinski definition) is 3. The van der Waals surface area contributed by atoms with Gasteiger partial charge in [0.25, 0.3) is 0 Å². The number of carboxylic acids is 1. The summed E-state index contributed by atoms with van der Waals surface area (Å²) in [7, 11) is 0. The fraction of sp³-hybridized carbons (Fsp3) is 0.360. The van der Waals surface area contributed by atoms with Crippen LogP contribution in [0.5, 0.6) is 0 Å². The number of rotatable bonds is 5. The van der Waals surface area contributed by atoms with Gasteiger partial charge in [-0.05, 0) is 47.3 Å². The van der Waals surface area contributed by atoms with Crippen LogP contribution < -0.4 is 5.32 Å². The van der Waals surface area contributed by atoms with E-state index in [2.05, 4.69) is 41.3 Å². The Morgan fingerprint density at radius 2 is 2.08 bits per heavy atom. The van der Waals surface area contributed by atoms with Gasteiger partial charge in [0.05, 0.1) is 17.6 Å². The van der Waals surface area contributed by atoms with Crippen molar-refractivity contribution in [2.75, 3.05) is 18.4 Å². The zero-order chi connectivity index (χ0) is 26.6. The third-order valence-corrected chi connectivity index (χ3v) is 7.93. The molecule has 1 aliphatic heterocycles. The molecule has 4 aromatic rings. The van der Waals surface area contributed by atoms with Crippen molar-refractivity contribution in [1.82, 2.24) is 29.6 Å². The zero-order valence-electron chi connectivity index (χ0n) is 20.0. The Morgan fingerprint density at radius 3 is 2.87 bits per heavy atom. The molecule has 196 valence electrons. The number of fused-ring (bicyclic) bond motifs is 2. The van der Waals surface area contributed by atoms with E-state index in [1.165, 1.54) is 17.2 Å². The van der Waals surface area contributed by atoms with Crippen LogP contribution in [-0.2, 0) is 9.59 Å². The third kappa shape index (κ3) is 4.25. The fourth-order valence-electron chi connectivity index (χ4n) is 5.31. The number of halogens is 2. The van der Waals surface area contributed by atoms with Gasteiger partial charge in [-0.2, -0.15) is 10.1 Å². The molecule has 2 aliphatic rings. The summed E-state index contributed by atoms with van der Waals surface area (Å²) in [5.41, 5.74) is -0.637. The number of nitrogens with zero attached hydrogens (tertiary/aromatic N) is 6. The highest BCUT2D eigenvalue weighted by molar-refractivity contribution is 9.10. The number of pyridine rings is 1. The standard InChI is InChI=1S/C25H23BrFN7O4/c26-20-17-11-29-24(30-15-4-3-14(8-15)22(35)33-7-5-25(38,12-33)23(36)37)31-21(17)34(32-20)16-9-13-2-1-6-28-19(13)18(27)10-16/h1-2,6,9-11,14-15,38H,3-5,7-8,12H2,(H,36,37)(H,29,30,31)/t14-,15-,25?/m1/s1. The molecule has 1 saturated heterocycles. The van der Waals surface area contributed by atoms with E-state index in [4.69, 9.17) is 0 Å². The number of carbonyl (C=O) groups is 2. The largest absolute Gasteiger partial charge is 0.479 e. The molecule has 38 heavy (non-hydrogen) atoms. The normalized spacial score (nSPS) is 23.4. The van der Waals surface area contributed by atoms with Gasteiger partial charge in [0, 0.05) is 48.8 Å². The summed E-state index contributed by atoms with van der Waals surface area (Å²) in [6.07, 6.45) is 5.07. The Bertz CT molecular complexity index is 1600. The molecular formula is C25H23BrFN7O4. The smallest absolute Gasteiger partial charge is 0.337 e. The van der Waals surface area contributed by atoms with Crippen LogP contribution in [0.1, 0.15) is 25.7 Å². The second-order valence-electron chi connectivity index (χ2n) is 9.83. The molecule has 6 rings (SSSR count). The second-order valence-corrected chi connectivity index (χ2v) is 10.6. The van der Waals surface area contributed by atoms with Crippen LogP contribution in [0.25, 0.3) is 27.6 Å². The number of hydrogen-bond acceptors (Lipinski definition) is 8. The van der Waals surface area contributed by atoms with Crippen LogP contribution in [0, 0.1) is 11.7 Å². The number of benzene rings is 1. The van der Waals surface area contributed by atoms with Crippen molar-refractivity contribution >= 4 is 55.7 Å². The van der Waals surface area contributed by atoms with E-state index in [1.807, 2.05) is 0 Å². The van der Waals surface area contributed by atoms with Gasteiger partial charge in [-0.1, -0.05) is 6.07 Å². The Hall–Kier alpha value is -3.71. The van der Waals surface area contributed by atoms with Gasteiger partial charge in [0.2, 0.25) is 11.9 Å². The molecule has 3 atom stereocenters. The van der Waals surface area contributed by atoms with Gasteiger partial charge < -0.3 is 20.4 Å². The van der Waals surface area contributed by atoms with Crippen LogP contribution in [-0.4, -0.2) is 76.5 Å². The maximum Gasteiger partial charge on any atom is 0.337 e. The molecule has 1 unspecified atom stereocenters. The number of carbonyl (C=O) groups excluding carboxylic acids is 1. The summed E-state index contributed by atoms with van der Waals surface area (Å²) in [6.45, 7) is 0.0279. The van der Waals surface area contributed by atoms with Crippen LogP contribution in [0.2, 0.25) is 0 Å². The van der Waals surface area contributed by atoms with Crippen molar-refractivity contribution < 1.29 is 24.2 Å². The Kier molecular flexibility index (Phi) is 5.99. The predicted molar refractivity (Wildman–Crippen MR) is 138 cm³/mol. The zero-order valence-corrected chi connectivity index (χ0v) is 21.6. The summed E-state index contributed by atoms with van der Waals surface area (Å²) in [5, 5.41) is 28.5. The van der Waals surface area contributed by atoms with Crippen LogP contribution in [0.15, 0.2) is 41.3 Å². The lowest BCUT2D eigenvalue weighted by molar-refractivity contribution is -0.157. The summed E-state index contributed by atoms with van der Waals surface area (Å²) >= 11 is 3.43. The van der Waals surface area contributed by atoms with E-state index in [0.717, 1.165) is 0 Å². The third-order valence-electron chi connectivity index (χ3n) is 7.34. The van der Waals surface area contributed by atoms with Crippen molar-refractivity contribution in [2.24, 2.45) is 5.92 Å². The molecular weight excluding hydrogens is 561 g/mol. The van der Waals surface area contributed by atoms with E-state index >= 15 is 0 Å². The van der Waals surface area contributed by atoms with Gasteiger partial charge >= 0.3 is 5.97 Å². The average molecular weight is 584 g/mol. The first kappa shape index (κ1) is 24.6. The lowest BCUT2D eigenvalue weighted by Crippen LogP contribution is -2.43. The van der Waals surface area contributed by atoms with E-state index in [9.17, 15) is 24.2 Å². The van der Waals surface area contributed by atoms with Crippen LogP contribution in [0.4, 0.5) is 10.3 Å². The molecule has 1 saturated carbocycles. The molecule has 0 radical (unpaired) electrons. The summed E-state index contributed by atoms with van der Waals surface area (Å²) in [4.78, 5) is 38.9. The van der Waals surface area contributed by atoms with Crippen molar-refractivity contribution in [3.05, 3.63) is 47.1 Å². The van der Waals surface area contributed by atoms with E-state index in [0.29, 0.717) is 51.9 Å². The first-order chi connectivity index (χ1) is 18.2. The lowest BCUT2D eigenvalue weighted by Gasteiger charge is -2.22. The second kappa shape index (κ2) is 9.24. The number of likely N-dealkylation sites (tertiary alicyclic amines) is 1. The maximum atomic E-state index is 14.8. The van der Waals surface area contributed by atoms with Crippen molar-refractivity contribution in [3.63, 3.8) is 0 Å². The van der Waals surface area contributed by atoms with Gasteiger partial charge in [0.1, 0.15) is 10.1 Å². The minimum absolute atomic E-state index is 0.0250. The number of amides is 1. The fourth-order valence-corrected chi connectivity index (χ4v) is 5.75. The number of β-amino-alcohol motifs (C(OH)–C–C–N with tert-alkyl or cyclic N) is 1. The Morgan fingerprint density at radius 1 is 1.24 bits per heavy atom. The minimum Gasteiger partial charge on any atom is -0.479 e. The van der Waals surface area contributed by atoms with E-state index in [1.54, 1.807) is 29.1 Å². The number of carboxylic acid groups (broad SMARTS) is 1. The summed E-state index contributed by atoms with van der Waals surface area (Å²) in [5.74, 6) is -1.83. The van der Waals surface area contributed by atoms with E-state index < -0.39 is 17.4 Å². The minimum atomic E-state index is -1.88. The number of aliphatic carboxylic acids is 1. The summed E-state index contributed by atoms with van der Waals surface area (Å²) in [6, 6.07) is 6.60. The molecule has 0 spiro atoms. The Balaban J connectivity index is 1.21. The van der Waals surface area contributed by atoms with Gasteiger partial charge in [0.15, 0.2) is 17.1 Å². The quantitative estimate of drug-likeness (QED) is 0.322. The van der Waals surface area contributed by atoms with Gasteiger partial charge in [-0.15, -0.1) is 0 Å². The summed E-state index contributed by atoms with van der Waals surface area (Å²) < 4.78 is 16.8. The molecule has 0 bridgehead atoms. The monoisotopic (exact) mass is 583 g/mol. The molecule has 3 N–H and O–H groups in total. The maximum absolute atomic E-state index is 14.8. The van der Waals surface area contributed by atoms with Crippen LogP contribution >= 0.6 is 15.9 Å².